The molecule has 0 saturated carbocycles. The average Bonchev–Trinajstić information content (AvgIpc) is 2.61. The third-order valence-corrected chi connectivity index (χ3v) is 2.65. The van der Waals surface area contributed by atoms with Crippen LogP contribution in [0.25, 0.3) is 10.9 Å². The highest BCUT2D eigenvalue weighted by atomic mass is 16.1. The van der Waals surface area contributed by atoms with Gasteiger partial charge in [0.25, 0.3) is 0 Å². The lowest BCUT2D eigenvalue weighted by molar-refractivity contribution is -0.117. The second-order valence-corrected chi connectivity index (χ2v) is 3.85. The number of Topliss-reactive ketones (excluding diaryl/α,β-unsaturated/α-hetero) is 1. The Labute approximate surface area is 89.5 Å². The number of ketones is 1. The van der Waals surface area contributed by atoms with E-state index in [0.717, 1.165) is 6.42 Å². The van der Waals surface area contributed by atoms with Gasteiger partial charge in [-0.3, -0.25) is 4.79 Å². The van der Waals surface area contributed by atoms with Crippen molar-refractivity contribution in [2.75, 3.05) is 0 Å². The molecule has 0 amide bonds. The molecule has 1 aromatic carbocycles. The first kappa shape index (κ1) is 9.97. The highest BCUT2D eigenvalue weighted by Crippen LogP contribution is 2.20. The van der Waals surface area contributed by atoms with Gasteiger partial charge >= 0.3 is 0 Å². The van der Waals surface area contributed by atoms with Crippen molar-refractivity contribution in [2.45, 2.75) is 26.8 Å². The van der Waals surface area contributed by atoms with E-state index in [0.29, 0.717) is 6.54 Å². The molecule has 0 aliphatic carbocycles. The summed E-state index contributed by atoms with van der Waals surface area (Å²) >= 11 is 0. The Kier molecular flexibility index (Phi) is 2.58. The molecule has 0 unspecified atom stereocenters. The number of benzene rings is 1. The highest BCUT2D eigenvalue weighted by Gasteiger charge is 2.06. The third kappa shape index (κ3) is 1.80. The lowest BCUT2D eigenvalue weighted by Gasteiger charge is -2.06. The fourth-order valence-electron chi connectivity index (χ4n) is 2.00. The summed E-state index contributed by atoms with van der Waals surface area (Å²) in [5.41, 5.74) is 2.51. The number of fused-ring (bicyclic) bond motifs is 1. The first-order valence-electron chi connectivity index (χ1n) is 5.28. The van der Waals surface area contributed by atoms with Gasteiger partial charge in [0, 0.05) is 6.20 Å². The summed E-state index contributed by atoms with van der Waals surface area (Å²) in [7, 11) is 0. The van der Waals surface area contributed by atoms with Crippen LogP contribution in [0.15, 0.2) is 30.5 Å². The largest absolute Gasteiger partial charge is 0.340 e. The molecule has 0 N–H and O–H groups in total. The first-order valence-corrected chi connectivity index (χ1v) is 5.28. The molecule has 0 radical (unpaired) electrons. The molecule has 1 heterocycles. The smallest absolute Gasteiger partial charge is 0.149 e. The molecule has 78 valence electrons. The van der Waals surface area contributed by atoms with Crippen LogP contribution in [0.4, 0.5) is 0 Å². The molecule has 15 heavy (non-hydrogen) atoms. The van der Waals surface area contributed by atoms with E-state index in [4.69, 9.17) is 0 Å². The topological polar surface area (TPSA) is 22.0 Å². The van der Waals surface area contributed by atoms with Gasteiger partial charge in [-0.05, 0) is 30.4 Å². The number of hydrogen-bond donors (Lipinski definition) is 0. The van der Waals surface area contributed by atoms with E-state index in [-0.39, 0.29) is 5.78 Å². The Balaban J connectivity index is 2.60. The lowest BCUT2D eigenvalue weighted by Crippen LogP contribution is -2.05. The number of hydrogen-bond acceptors (Lipinski definition) is 1. The molecule has 2 rings (SSSR count). The number of para-hydroxylation sites is 1. The Bertz CT molecular complexity index is 496. The Morgan fingerprint density at radius 1 is 1.33 bits per heavy atom. The minimum absolute atomic E-state index is 0.193. The van der Waals surface area contributed by atoms with Gasteiger partial charge in [-0.25, -0.2) is 0 Å². The van der Waals surface area contributed by atoms with Gasteiger partial charge in [0.2, 0.25) is 0 Å². The third-order valence-electron chi connectivity index (χ3n) is 2.65. The standard InChI is InChI=1S/C13H15NO/c1-3-11-5-4-6-12-7-8-14(13(11)12)9-10(2)15/h4-8H,3,9H2,1-2H3. The lowest BCUT2D eigenvalue weighted by atomic mass is 10.1. The maximum Gasteiger partial charge on any atom is 0.149 e. The molecule has 2 aromatic rings. The van der Waals surface area contributed by atoms with Crippen LogP contribution in [0.1, 0.15) is 19.4 Å². The fourth-order valence-corrected chi connectivity index (χ4v) is 2.00. The Morgan fingerprint density at radius 2 is 2.13 bits per heavy atom. The predicted octanol–water partition coefficient (Wildman–Crippen LogP) is 2.79. The van der Waals surface area contributed by atoms with Gasteiger partial charge in [-0.2, -0.15) is 0 Å². The molecule has 0 saturated heterocycles. The summed E-state index contributed by atoms with van der Waals surface area (Å²) in [6, 6.07) is 8.35. The quantitative estimate of drug-likeness (QED) is 0.748. The minimum Gasteiger partial charge on any atom is -0.340 e. The van der Waals surface area contributed by atoms with Crippen LogP contribution in [-0.4, -0.2) is 10.4 Å². The second-order valence-electron chi connectivity index (χ2n) is 3.85. The molecule has 2 nitrogen and oxygen atoms in total. The molecule has 1 aromatic heterocycles. The zero-order valence-corrected chi connectivity index (χ0v) is 9.16. The molecule has 2 heteroatoms. The maximum absolute atomic E-state index is 11.1. The van der Waals surface area contributed by atoms with Crippen molar-refractivity contribution in [3.8, 4) is 0 Å². The molecule has 0 aliphatic rings. The summed E-state index contributed by atoms with van der Waals surface area (Å²) in [5.74, 6) is 0.193. The SMILES string of the molecule is CCc1cccc2ccn(CC(C)=O)c12. The highest BCUT2D eigenvalue weighted by molar-refractivity contribution is 5.85. The molecular formula is C13H15NO. The van der Waals surface area contributed by atoms with Crippen LogP contribution >= 0.6 is 0 Å². The van der Waals surface area contributed by atoms with Crippen molar-refractivity contribution < 1.29 is 4.79 Å². The number of aryl methyl sites for hydroxylation is 1. The summed E-state index contributed by atoms with van der Waals surface area (Å²) < 4.78 is 2.04. The van der Waals surface area contributed by atoms with Crippen molar-refractivity contribution in [1.29, 1.82) is 0 Å². The van der Waals surface area contributed by atoms with Gasteiger partial charge < -0.3 is 4.57 Å². The van der Waals surface area contributed by atoms with Crippen LogP contribution in [0.2, 0.25) is 0 Å². The summed E-state index contributed by atoms with van der Waals surface area (Å²) in [5, 5.41) is 1.22. The number of carbonyl (C=O) groups is 1. The van der Waals surface area contributed by atoms with Crippen LogP contribution in [0, 0.1) is 0 Å². The van der Waals surface area contributed by atoms with Crippen molar-refractivity contribution >= 4 is 16.7 Å². The van der Waals surface area contributed by atoms with Crippen molar-refractivity contribution in [3.63, 3.8) is 0 Å². The van der Waals surface area contributed by atoms with E-state index in [1.807, 2.05) is 10.8 Å². The monoisotopic (exact) mass is 201 g/mol. The van der Waals surface area contributed by atoms with Crippen LogP contribution in [0.3, 0.4) is 0 Å². The first-order chi connectivity index (χ1) is 7.22. The van der Waals surface area contributed by atoms with E-state index in [2.05, 4.69) is 31.2 Å². The van der Waals surface area contributed by atoms with Gasteiger partial charge in [-0.1, -0.05) is 25.1 Å². The van der Waals surface area contributed by atoms with Gasteiger partial charge in [-0.15, -0.1) is 0 Å². The number of carbonyl (C=O) groups excluding carboxylic acids is 1. The van der Waals surface area contributed by atoms with E-state index in [9.17, 15) is 4.79 Å². The molecule has 0 atom stereocenters. The minimum atomic E-state index is 0.193. The van der Waals surface area contributed by atoms with Gasteiger partial charge in [0.1, 0.15) is 5.78 Å². The molecule has 0 spiro atoms. The number of nitrogens with zero attached hydrogens (tertiary/aromatic N) is 1. The molecular weight excluding hydrogens is 186 g/mol. The second kappa shape index (κ2) is 3.89. The molecule has 0 fully saturated rings. The zero-order valence-electron chi connectivity index (χ0n) is 9.16. The van der Waals surface area contributed by atoms with Crippen LogP contribution in [0.5, 0.6) is 0 Å². The van der Waals surface area contributed by atoms with E-state index in [1.165, 1.54) is 16.5 Å². The normalized spacial score (nSPS) is 10.8. The Morgan fingerprint density at radius 3 is 2.80 bits per heavy atom. The van der Waals surface area contributed by atoms with Crippen molar-refractivity contribution in [2.24, 2.45) is 0 Å². The van der Waals surface area contributed by atoms with Crippen molar-refractivity contribution in [3.05, 3.63) is 36.0 Å². The fraction of sp³-hybridized carbons (Fsp3) is 0.308. The van der Waals surface area contributed by atoms with E-state index in [1.54, 1.807) is 6.92 Å². The average molecular weight is 201 g/mol. The van der Waals surface area contributed by atoms with Crippen LogP contribution in [-0.2, 0) is 17.8 Å². The zero-order chi connectivity index (χ0) is 10.8. The number of rotatable bonds is 3. The predicted molar refractivity (Wildman–Crippen MR) is 62.0 cm³/mol. The summed E-state index contributed by atoms with van der Waals surface area (Å²) in [6.45, 7) is 4.24. The summed E-state index contributed by atoms with van der Waals surface area (Å²) in [6.07, 6.45) is 2.99. The molecule has 0 aliphatic heterocycles. The summed E-state index contributed by atoms with van der Waals surface area (Å²) in [4.78, 5) is 11.1. The van der Waals surface area contributed by atoms with E-state index >= 15 is 0 Å². The van der Waals surface area contributed by atoms with Gasteiger partial charge in [0.05, 0.1) is 12.1 Å². The van der Waals surface area contributed by atoms with Crippen molar-refractivity contribution in [1.82, 2.24) is 4.57 Å². The van der Waals surface area contributed by atoms with Gasteiger partial charge in [0.15, 0.2) is 0 Å². The van der Waals surface area contributed by atoms with E-state index < -0.39 is 0 Å². The number of aromatic nitrogens is 1. The van der Waals surface area contributed by atoms with Crippen LogP contribution < -0.4 is 0 Å². The maximum atomic E-state index is 11.1. The molecule has 0 bridgehead atoms. The Hall–Kier alpha value is -1.57.